The van der Waals surface area contributed by atoms with Crippen LogP contribution in [0, 0.1) is 11.3 Å². The SMILES string of the molecule is COCc1ccc(C(=N)c2c(N)ncnc2NC2CC3CNC2C3)cc1. The Labute approximate surface area is 152 Å². The number of ether oxygens (including phenoxy) is 1. The minimum Gasteiger partial charge on any atom is -0.383 e. The van der Waals surface area contributed by atoms with E-state index in [4.69, 9.17) is 15.9 Å². The molecule has 2 fully saturated rings. The zero-order valence-electron chi connectivity index (χ0n) is 14.8. The highest BCUT2D eigenvalue weighted by Gasteiger charge is 2.39. The molecule has 3 atom stereocenters. The van der Waals surface area contributed by atoms with Crippen molar-refractivity contribution in [3.8, 4) is 0 Å². The Balaban J connectivity index is 1.59. The molecule has 2 bridgehead atoms. The van der Waals surface area contributed by atoms with E-state index in [2.05, 4.69) is 20.6 Å². The van der Waals surface area contributed by atoms with Crippen molar-refractivity contribution in [2.75, 3.05) is 24.7 Å². The Kier molecular flexibility index (Phi) is 4.57. The topological polar surface area (TPSA) is 109 Å². The molecule has 136 valence electrons. The van der Waals surface area contributed by atoms with Gasteiger partial charge in [0, 0.05) is 24.8 Å². The summed E-state index contributed by atoms with van der Waals surface area (Å²) in [7, 11) is 1.67. The molecule has 26 heavy (non-hydrogen) atoms. The van der Waals surface area contributed by atoms with Gasteiger partial charge < -0.3 is 21.1 Å². The number of hydrogen-bond acceptors (Lipinski definition) is 7. The first-order chi connectivity index (χ1) is 12.7. The lowest BCUT2D eigenvalue weighted by Gasteiger charge is -2.25. The third kappa shape index (κ3) is 3.15. The van der Waals surface area contributed by atoms with Crippen LogP contribution < -0.4 is 16.4 Å². The molecule has 1 aromatic carbocycles. The van der Waals surface area contributed by atoms with Gasteiger partial charge in [0.15, 0.2) is 0 Å². The largest absolute Gasteiger partial charge is 0.383 e. The van der Waals surface area contributed by atoms with Crippen molar-refractivity contribution in [3.63, 3.8) is 0 Å². The van der Waals surface area contributed by atoms with Crippen molar-refractivity contribution in [2.45, 2.75) is 31.5 Å². The van der Waals surface area contributed by atoms with Crippen molar-refractivity contribution < 1.29 is 4.74 Å². The van der Waals surface area contributed by atoms with Gasteiger partial charge >= 0.3 is 0 Å². The molecule has 0 spiro atoms. The summed E-state index contributed by atoms with van der Waals surface area (Å²) in [5.74, 6) is 1.69. The van der Waals surface area contributed by atoms with E-state index in [1.807, 2.05) is 24.3 Å². The van der Waals surface area contributed by atoms with Crippen LogP contribution in [-0.4, -0.2) is 41.4 Å². The molecule has 4 rings (SSSR count). The first kappa shape index (κ1) is 16.9. The second-order valence-corrected chi connectivity index (χ2v) is 7.09. The molecule has 2 heterocycles. The number of nitrogen functional groups attached to an aromatic ring is 1. The van der Waals surface area contributed by atoms with E-state index in [-0.39, 0.29) is 0 Å². The number of anilines is 2. The lowest BCUT2D eigenvalue weighted by Crippen LogP contribution is -2.41. The third-order valence-electron chi connectivity index (χ3n) is 5.33. The van der Waals surface area contributed by atoms with Gasteiger partial charge in [-0.3, -0.25) is 5.41 Å². The smallest absolute Gasteiger partial charge is 0.141 e. The van der Waals surface area contributed by atoms with E-state index >= 15 is 0 Å². The molecule has 0 radical (unpaired) electrons. The quantitative estimate of drug-likeness (QED) is 0.590. The molecule has 1 saturated heterocycles. The van der Waals surface area contributed by atoms with Gasteiger partial charge in [0.05, 0.1) is 17.9 Å². The van der Waals surface area contributed by atoms with E-state index in [9.17, 15) is 0 Å². The normalized spacial score (nSPS) is 24.0. The first-order valence-corrected chi connectivity index (χ1v) is 8.93. The number of aromatic nitrogens is 2. The van der Waals surface area contributed by atoms with Gasteiger partial charge in [-0.1, -0.05) is 24.3 Å². The summed E-state index contributed by atoms with van der Waals surface area (Å²) in [5, 5.41) is 15.7. The van der Waals surface area contributed by atoms with E-state index in [1.165, 1.54) is 12.7 Å². The maximum Gasteiger partial charge on any atom is 0.141 e. The first-order valence-electron chi connectivity index (χ1n) is 8.93. The molecule has 1 aliphatic heterocycles. The standard InChI is InChI=1S/C19H24N6O/c1-26-9-11-2-4-13(5-3-11)17(20)16-18(21)23-10-24-19(16)25-15-7-12-6-14(15)22-8-12/h2-5,10,12,14-15,20,22H,6-9H2,1H3,(H3,21,23,24,25). The number of piperidine rings is 1. The van der Waals surface area contributed by atoms with Gasteiger partial charge in [-0.15, -0.1) is 0 Å². The van der Waals surface area contributed by atoms with Gasteiger partial charge in [0.2, 0.25) is 0 Å². The lowest BCUT2D eigenvalue weighted by atomic mass is 10.0. The molecule has 1 aliphatic carbocycles. The number of nitrogens with zero attached hydrogens (tertiary/aromatic N) is 2. The van der Waals surface area contributed by atoms with Gasteiger partial charge in [0.25, 0.3) is 0 Å². The molecule has 7 nitrogen and oxygen atoms in total. The number of nitrogens with two attached hydrogens (primary N) is 1. The zero-order valence-corrected chi connectivity index (χ0v) is 14.8. The van der Waals surface area contributed by atoms with Gasteiger partial charge in [-0.2, -0.15) is 0 Å². The number of hydrogen-bond donors (Lipinski definition) is 4. The number of methoxy groups -OCH3 is 1. The van der Waals surface area contributed by atoms with E-state index < -0.39 is 0 Å². The maximum atomic E-state index is 8.66. The minimum absolute atomic E-state index is 0.318. The Morgan fingerprint density at radius 2 is 2.12 bits per heavy atom. The number of nitrogens with one attached hydrogen (secondary N) is 3. The van der Waals surface area contributed by atoms with Crippen LogP contribution in [0.2, 0.25) is 0 Å². The van der Waals surface area contributed by atoms with Crippen LogP contribution in [-0.2, 0) is 11.3 Å². The average molecular weight is 352 g/mol. The predicted octanol–water partition coefficient (Wildman–Crippen LogP) is 1.78. The van der Waals surface area contributed by atoms with Crippen LogP contribution in [0.25, 0.3) is 0 Å². The molecule has 2 aromatic rings. The highest BCUT2D eigenvalue weighted by atomic mass is 16.5. The predicted molar refractivity (Wildman–Crippen MR) is 101 cm³/mol. The van der Waals surface area contributed by atoms with Crippen molar-refractivity contribution in [1.29, 1.82) is 5.41 Å². The minimum atomic E-state index is 0.318. The number of rotatable bonds is 6. The highest BCUT2D eigenvalue weighted by Crippen LogP contribution is 2.34. The molecular formula is C19H24N6O. The molecule has 1 saturated carbocycles. The van der Waals surface area contributed by atoms with Crippen LogP contribution in [0.1, 0.15) is 29.5 Å². The molecule has 3 unspecified atom stereocenters. The highest BCUT2D eigenvalue weighted by molar-refractivity contribution is 6.16. The van der Waals surface area contributed by atoms with Crippen LogP contribution >= 0.6 is 0 Å². The van der Waals surface area contributed by atoms with E-state index in [0.717, 1.165) is 30.0 Å². The van der Waals surface area contributed by atoms with Gasteiger partial charge in [-0.25, -0.2) is 9.97 Å². The summed E-state index contributed by atoms with van der Waals surface area (Å²) in [6.45, 7) is 1.65. The summed E-state index contributed by atoms with van der Waals surface area (Å²) in [6.07, 6.45) is 3.78. The Hall–Kier alpha value is -2.51. The number of fused-ring (bicyclic) bond motifs is 2. The second-order valence-electron chi connectivity index (χ2n) is 7.09. The fourth-order valence-electron chi connectivity index (χ4n) is 4.02. The summed E-state index contributed by atoms with van der Waals surface area (Å²) in [4.78, 5) is 8.50. The zero-order chi connectivity index (χ0) is 18.1. The van der Waals surface area contributed by atoms with Crippen LogP contribution in [0.15, 0.2) is 30.6 Å². The van der Waals surface area contributed by atoms with E-state index in [0.29, 0.717) is 41.6 Å². The van der Waals surface area contributed by atoms with Crippen molar-refractivity contribution in [2.24, 2.45) is 5.92 Å². The molecular weight excluding hydrogens is 328 g/mol. The Morgan fingerprint density at radius 1 is 1.31 bits per heavy atom. The summed E-state index contributed by atoms with van der Waals surface area (Å²) >= 11 is 0. The Bertz CT molecular complexity index is 806. The van der Waals surface area contributed by atoms with E-state index in [1.54, 1.807) is 7.11 Å². The molecule has 0 amide bonds. The van der Waals surface area contributed by atoms with Crippen molar-refractivity contribution >= 4 is 17.3 Å². The van der Waals surface area contributed by atoms with Gasteiger partial charge in [-0.05, 0) is 30.9 Å². The maximum absolute atomic E-state index is 8.66. The Morgan fingerprint density at radius 3 is 2.77 bits per heavy atom. The fourth-order valence-corrected chi connectivity index (χ4v) is 4.02. The van der Waals surface area contributed by atoms with Crippen molar-refractivity contribution in [3.05, 3.63) is 47.3 Å². The average Bonchev–Trinajstić information content (AvgIpc) is 3.25. The third-order valence-corrected chi connectivity index (χ3v) is 5.33. The molecule has 7 heteroatoms. The van der Waals surface area contributed by atoms with Crippen LogP contribution in [0.5, 0.6) is 0 Å². The number of benzene rings is 1. The molecule has 1 aromatic heterocycles. The summed E-state index contributed by atoms with van der Waals surface area (Å²) in [5.41, 5.74) is 8.85. The van der Waals surface area contributed by atoms with Crippen LogP contribution in [0.3, 0.4) is 0 Å². The van der Waals surface area contributed by atoms with Crippen molar-refractivity contribution in [1.82, 2.24) is 15.3 Å². The fraction of sp³-hybridized carbons (Fsp3) is 0.421. The summed E-state index contributed by atoms with van der Waals surface area (Å²) < 4.78 is 5.14. The molecule has 2 aliphatic rings. The van der Waals surface area contributed by atoms with Gasteiger partial charge in [0.1, 0.15) is 18.0 Å². The van der Waals surface area contributed by atoms with Crippen LogP contribution in [0.4, 0.5) is 11.6 Å². The molecule has 5 N–H and O–H groups in total. The summed E-state index contributed by atoms with van der Waals surface area (Å²) in [6, 6.07) is 8.52. The second kappa shape index (κ2) is 7.01. The lowest BCUT2D eigenvalue weighted by molar-refractivity contribution is 0.185. The monoisotopic (exact) mass is 352 g/mol.